The van der Waals surface area contributed by atoms with Crippen molar-refractivity contribution in [1.29, 1.82) is 0 Å². The summed E-state index contributed by atoms with van der Waals surface area (Å²) >= 11 is 1.15. The lowest BCUT2D eigenvalue weighted by Crippen LogP contribution is -2.14. The first-order valence-corrected chi connectivity index (χ1v) is 11.5. The van der Waals surface area contributed by atoms with Gasteiger partial charge in [0.1, 0.15) is 16.3 Å². The quantitative estimate of drug-likeness (QED) is 0.439. The molecule has 31 heavy (non-hydrogen) atoms. The van der Waals surface area contributed by atoms with Crippen LogP contribution in [0.2, 0.25) is 0 Å². The van der Waals surface area contributed by atoms with E-state index in [-0.39, 0.29) is 28.5 Å². The van der Waals surface area contributed by atoms with Crippen LogP contribution in [0.1, 0.15) is 6.92 Å². The molecule has 0 aliphatic heterocycles. The van der Waals surface area contributed by atoms with Gasteiger partial charge in [-0.15, -0.1) is 11.3 Å². The van der Waals surface area contributed by atoms with Gasteiger partial charge in [-0.2, -0.15) is 0 Å². The molecular weight excluding hydrogens is 448 g/mol. The molecule has 0 atom stereocenters. The van der Waals surface area contributed by atoms with Crippen LogP contribution in [0.5, 0.6) is 11.5 Å². The number of aromatic amines is 1. The molecular formula is C20H15F2N3O4S2. The molecule has 0 radical (unpaired) electrons. The number of benzene rings is 2. The van der Waals surface area contributed by atoms with Gasteiger partial charge in [-0.05, 0) is 37.3 Å². The summed E-state index contributed by atoms with van der Waals surface area (Å²) in [4.78, 5) is 18.8. The fraction of sp³-hybridized carbons (Fsp3) is 0.100. The standard InChI is InChI=1S/C20H15F2N3O4S2/c1-2-31(27,28)25-12-4-6-16(29-17-5-3-11(21)7-15(17)22)13(8-12)14-9-30-19-18(14)23-10-24-20(19)26/h3-10,25H,2H2,1H3,(H,23,24,26). The summed E-state index contributed by atoms with van der Waals surface area (Å²) in [5, 5.41) is 1.67. The van der Waals surface area contributed by atoms with Gasteiger partial charge in [0, 0.05) is 28.3 Å². The number of thiophene rings is 1. The smallest absolute Gasteiger partial charge is 0.268 e. The maximum absolute atomic E-state index is 14.2. The number of hydrogen-bond donors (Lipinski definition) is 2. The van der Waals surface area contributed by atoms with Gasteiger partial charge in [-0.1, -0.05) is 0 Å². The van der Waals surface area contributed by atoms with E-state index in [0.29, 0.717) is 27.4 Å². The van der Waals surface area contributed by atoms with Crippen molar-refractivity contribution in [3.63, 3.8) is 0 Å². The van der Waals surface area contributed by atoms with E-state index in [2.05, 4.69) is 14.7 Å². The highest BCUT2D eigenvalue weighted by molar-refractivity contribution is 7.92. The Labute approximate surface area is 179 Å². The first-order chi connectivity index (χ1) is 14.8. The Morgan fingerprint density at radius 2 is 1.90 bits per heavy atom. The zero-order valence-electron chi connectivity index (χ0n) is 16.0. The zero-order valence-corrected chi connectivity index (χ0v) is 17.6. The van der Waals surface area contributed by atoms with Gasteiger partial charge in [0.05, 0.1) is 17.6 Å². The maximum Gasteiger partial charge on any atom is 0.268 e. The minimum Gasteiger partial charge on any atom is -0.454 e. The fourth-order valence-corrected chi connectivity index (χ4v) is 4.42. The number of ether oxygens (including phenoxy) is 1. The minimum atomic E-state index is -3.55. The summed E-state index contributed by atoms with van der Waals surface area (Å²) in [6.07, 6.45) is 1.25. The number of hydrogen-bond acceptors (Lipinski definition) is 6. The fourth-order valence-electron chi connectivity index (χ4n) is 2.87. The van der Waals surface area contributed by atoms with Gasteiger partial charge in [-0.3, -0.25) is 9.52 Å². The number of H-pyrrole nitrogens is 1. The van der Waals surface area contributed by atoms with E-state index in [1.54, 1.807) is 5.38 Å². The van der Waals surface area contributed by atoms with Crippen LogP contribution in [0.15, 0.2) is 52.9 Å². The molecule has 0 fully saturated rings. The Morgan fingerprint density at radius 1 is 1.13 bits per heavy atom. The van der Waals surface area contributed by atoms with Crippen molar-refractivity contribution in [2.45, 2.75) is 6.92 Å². The summed E-state index contributed by atoms with van der Waals surface area (Å²) in [5.41, 5.74) is 1.20. The third kappa shape index (κ3) is 4.28. The Hall–Kier alpha value is -3.31. The second kappa shape index (κ2) is 8.08. The average Bonchev–Trinajstić information content (AvgIpc) is 3.16. The van der Waals surface area contributed by atoms with Gasteiger partial charge in [-0.25, -0.2) is 22.2 Å². The molecule has 2 N–H and O–H groups in total. The third-order valence-corrected chi connectivity index (χ3v) is 6.67. The van der Waals surface area contributed by atoms with Crippen molar-refractivity contribution in [3.05, 3.63) is 70.1 Å². The van der Waals surface area contributed by atoms with Crippen molar-refractivity contribution in [3.8, 4) is 22.6 Å². The second-order valence-electron chi connectivity index (χ2n) is 6.45. The van der Waals surface area contributed by atoms with Gasteiger partial charge in [0.15, 0.2) is 11.6 Å². The van der Waals surface area contributed by atoms with Gasteiger partial charge < -0.3 is 9.72 Å². The summed E-state index contributed by atoms with van der Waals surface area (Å²) in [7, 11) is -3.55. The van der Waals surface area contributed by atoms with Crippen molar-refractivity contribution in [1.82, 2.24) is 9.97 Å². The topological polar surface area (TPSA) is 101 Å². The number of sulfonamides is 1. The Morgan fingerprint density at radius 3 is 2.65 bits per heavy atom. The normalized spacial score (nSPS) is 11.6. The number of nitrogens with zero attached hydrogens (tertiary/aromatic N) is 1. The summed E-state index contributed by atoms with van der Waals surface area (Å²) in [6.45, 7) is 1.50. The van der Waals surface area contributed by atoms with Crippen LogP contribution in [0.25, 0.3) is 21.3 Å². The van der Waals surface area contributed by atoms with Crippen LogP contribution in [0.4, 0.5) is 14.5 Å². The molecule has 0 unspecified atom stereocenters. The molecule has 2 heterocycles. The van der Waals surface area contributed by atoms with E-state index >= 15 is 0 Å². The lowest BCUT2D eigenvalue weighted by Gasteiger charge is -2.14. The molecule has 0 spiro atoms. The van der Waals surface area contributed by atoms with Gasteiger partial charge >= 0.3 is 0 Å². The average molecular weight is 463 g/mol. The number of aromatic nitrogens is 2. The summed E-state index contributed by atoms with van der Waals surface area (Å²) in [5.74, 6) is -1.81. The lowest BCUT2D eigenvalue weighted by molar-refractivity contribution is 0.439. The van der Waals surface area contributed by atoms with Crippen molar-refractivity contribution in [2.24, 2.45) is 0 Å². The highest BCUT2D eigenvalue weighted by Gasteiger charge is 2.18. The molecule has 4 aromatic rings. The van der Waals surface area contributed by atoms with Crippen LogP contribution in [-0.4, -0.2) is 24.1 Å². The highest BCUT2D eigenvalue weighted by atomic mass is 32.2. The van der Waals surface area contributed by atoms with Crippen LogP contribution in [-0.2, 0) is 10.0 Å². The first-order valence-electron chi connectivity index (χ1n) is 9.00. The molecule has 2 aromatic carbocycles. The molecule has 0 aliphatic carbocycles. The van der Waals surface area contributed by atoms with Crippen LogP contribution < -0.4 is 15.0 Å². The monoisotopic (exact) mass is 463 g/mol. The predicted molar refractivity (Wildman–Crippen MR) is 115 cm³/mol. The Balaban J connectivity index is 1.88. The molecule has 2 aromatic heterocycles. The van der Waals surface area contributed by atoms with Crippen LogP contribution in [0.3, 0.4) is 0 Å². The number of rotatable bonds is 6. The van der Waals surface area contributed by atoms with E-state index < -0.39 is 21.7 Å². The third-order valence-electron chi connectivity index (χ3n) is 4.40. The molecule has 0 saturated heterocycles. The Kier molecular flexibility index (Phi) is 5.46. The lowest BCUT2D eigenvalue weighted by atomic mass is 10.1. The van der Waals surface area contributed by atoms with Gasteiger partial charge in [0.25, 0.3) is 5.56 Å². The molecule has 160 valence electrons. The molecule has 7 nitrogen and oxygen atoms in total. The van der Waals surface area contributed by atoms with E-state index in [1.165, 1.54) is 31.5 Å². The van der Waals surface area contributed by atoms with Crippen molar-refractivity contribution < 1.29 is 21.9 Å². The van der Waals surface area contributed by atoms with Crippen LogP contribution >= 0.6 is 11.3 Å². The minimum absolute atomic E-state index is 0.125. The predicted octanol–water partition coefficient (Wildman–Crippen LogP) is 4.48. The molecule has 11 heteroatoms. The van der Waals surface area contributed by atoms with Crippen molar-refractivity contribution >= 4 is 37.3 Å². The van der Waals surface area contributed by atoms with E-state index in [0.717, 1.165) is 23.5 Å². The highest BCUT2D eigenvalue weighted by Crippen LogP contribution is 2.40. The maximum atomic E-state index is 14.2. The molecule has 4 rings (SSSR count). The Bertz CT molecular complexity index is 1450. The summed E-state index contributed by atoms with van der Waals surface area (Å²) in [6, 6.07) is 7.33. The molecule has 0 bridgehead atoms. The largest absolute Gasteiger partial charge is 0.454 e. The number of anilines is 1. The van der Waals surface area contributed by atoms with Crippen LogP contribution in [0, 0.1) is 11.6 Å². The van der Waals surface area contributed by atoms with Crippen molar-refractivity contribution in [2.75, 3.05) is 10.5 Å². The molecule has 0 aliphatic rings. The summed E-state index contributed by atoms with van der Waals surface area (Å²) < 4.78 is 59.9. The second-order valence-corrected chi connectivity index (χ2v) is 9.34. The molecule has 0 saturated carbocycles. The number of halogens is 2. The number of nitrogens with one attached hydrogen (secondary N) is 2. The van der Waals surface area contributed by atoms with E-state index in [9.17, 15) is 22.0 Å². The molecule has 0 amide bonds. The SMILES string of the molecule is CCS(=O)(=O)Nc1ccc(Oc2ccc(F)cc2F)c(-c2csc3c(=O)[nH]cnc23)c1. The first kappa shape index (κ1) is 20.9. The van der Waals surface area contributed by atoms with E-state index in [1.807, 2.05) is 0 Å². The van der Waals surface area contributed by atoms with E-state index in [4.69, 9.17) is 4.74 Å². The zero-order chi connectivity index (χ0) is 22.2. The van der Waals surface area contributed by atoms with Gasteiger partial charge in [0.2, 0.25) is 10.0 Å². The number of fused-ring (bicyclic) bond motifs is 1.